The van der Waals surface area contributed by atoms with Crippen LogP contribution in [0.15, 0.2) is 0 Å². The molecule has 1 N–H and O–H groups in total. The van der Waals surface area contributed by atoms with E-state index in [0.717, 1.165) is 34.9 Å². The summed E-state index contributed by atoms with van der Waals surface area (Å²) in [5, 5.41) is 15.6. The monoisotopic (exact) mass is 280 g/mol. The van der Waals surface area contributed by atoms with E-state index < -0.39 is 0 Å². The van der Waals surface area contributed by atoms with Crippen LogP contribution in [0.3, 0.4) is 0 Å². The van der Waals surface area contributed by atoms with E-state index in [1.165, 1.54) is 19.3 Å². The average Bonchev–Trinajstić information content (AvgIpc) is 2.70. The third-order valence-electron chi connectivity index (χ3n) is 5.92. The second-order valence-electron chi connectivity index (χ2n) is 6.82. The fraction of sp³-hybridized carbons (Fsp3) is 0.800. The fourth-order valence-electron chi connectivity index (χ4n) is 5.16. The van der Waals surface area contributed by atoms with Crippen molar-refractivity contribution >= 4 is 11.6 Å². The van der Waals surface area contributed by atoms with Gasteiger partial charge in [0.15, 0.2) is 0 Å². The number of aliphatic hydroxyl groups is 1. The third kappa shape index (κ3) is 1.64. The lowest BCUT2D eigenvalue weighted by atomic mass is 9.95. The molecule has 1 aromatic heterocycles. The fourth-order valence-corrected chi connectivity index (χ4v) is 5.41. The van der Waals surface area contributed by atoms with Gasteiger partial charge in [0, 0.05) is 19.0 Å². The molecule has 0 spiro atoms. The maximum atomic E-state index is 10.6. The number of rotatable bonds is 3. The van der Waals surface area contributed by atoms with E-state index in [2.05, 4.69) is 5.10 Å². The largest absolute Gasteiger partial charge is 0.392 e. The van der Waals surface area contributed by atoms with Crippen LogP contribution in [0.4, 0.5) is 0 Å². The topological polar surface area (TPSA) is 38.0 Å². The van der Waals surface area contributed by atoms with Crippen LogP contribution in [0.5, 0.6) is 0 Å². The lowest BCUT2D eigenvalue weighted by molar-refractivity contribution is 0.128. The molecule has 4 rings (SSSR count). The van der Waals surface area contributed by atoms with Crippen molar-refractivity contribution in [2.24, 2.45) is 36.6 Å². The summed E-state index contributed by atoms with van der Waals surface area (Å²) in [7, 11) is 1.86. The first kappa shape index (κ1) is 12.2. The van der Waals surface area contributed by atoms with Gasteiger partial charge in [-0.2, -0.15) is 5.10 Å². The Bertz CT molecular complexity index is 510. The van der Waals surface area contributed by atoms with Crippen LogP contribution < -0.4 is 0 Å². The SMILES string of the molecule is Cc1nn(C)c(Cl)c1CC(O)C1C2C3CCC(C3)C12. The summed E-state index contributed by atoms with van der Waals surface area (Å²) in [4.78, 5) is 0. The van der Waals surface area contributed by atoms with Gasteiger partial charge >= 0.3 is 0 Å². The van der Waals surface area contributed by atoms with Crippen molar-refractivity contribution < 1.29 is 5.11 Å². The molecule has 2 bridgehead atoms. The Morgan fingerprint density at radius 1 is 1.37 bits per heavy atom. The van der Waals surface area contributed by atoms with Crippen molar-refractivity contribution in [3.05, 3.63) is 16.4 Å². The first-order chi connectivity index (χ1) is 9.08. The van der Waals surface area contributed by atoms with Gasteiger partial charge in [-0.15, -0.1) is 0 Å². The number of hydrogen-bond acceptors (Lipinski definition) is 2. The molecule has 0 radical (unpaired) electrons. The van der Waals surface area contributed by atoms with E-state index in [1.54, 1.807) is 4.68 Å². The van der Waals surface area contributed by atoms with Gasteiger partial charge in [-0.25, -0.2) is 0 Å². The van der Waals surface area contributed by atoms with Gasteiger partial charge in [-0.05, 0) is 55.8 Å². The van der Waals surface area contributed by atoms with Crippen molar-refractivity contribution in [3.8, 4) is 0 Å². The van der Waals surface area contributed by atoms with Crippen LogP contribution in [-0.4, -0.2) is 21.0 Å². The summed E-state index contributed by atoms with van der Waals surface area (Å²) in [5.41, 5.74) is 1.99. The van der Waals surface area contributed by atoms with E-state index in [-0.39, 0.29) is 6.10 Å². The molecule has 104 valence electrons. The first-order valence-electron chi connectivity index (χ1n) is 7.44. The molecule has 19 heavy (non-hydrogen) atoms. The van der Waals surface area contributed by atoms with Gasteiger partial charge in [-0.1, -0.05) is 11.6 Å². The van der Waals surface area contributed by atoms with Gasteiger partial charge in [0.2, 0.25) is 0 Å². The Kier molecular flexibility index (Phi) is 2.56. The Morgan fingerprint density at radius 3 is 2.53 bits per heavy atom. The highest BCUT2D eigenvalue weighted by molar-refractivity contribution is 6.30. The first-order valence-corrected chi connectivity index (χ1v) is 7.81. The zero-order valence-corrected chi connectivity index (χ0v) is 12.3. The Morgan fingerprint density at radius 2 is 2.00 bits per heavy atom. The van der Waals surface area contributed by atoms with Crippen LogP contribution in [0, 0.1) is 36.5 Å². The molecule has 0 saturated heterocycles. The van der Waals surface area contributed by atoms with E-state index in [4.69, 9.17) is 11.6 Å². The minimum Gasteiger partial charge on any atom is -0.392 e. The zero-order valence-electron chi connectivity index (χ0n) is 11.5. The normalized spacial score (nSPS) is 40.5. The number of aliphatic hydroxyl groups excluding tert-OH is 1. The highest BCUT2D eigenvalue weighted by Gasteiger charge is 2.66. The van der Waals surface area contributed by atoms with E-state index >= 15 is 0 Å². The molecule has 3 saturated carbocycles. The molecule has 1 heterocycles. The Labute approximate surface area is 118 Å². The van der Waals surface area contributed by atoms with Crippen molar-refractivity contribution in [1.82, 2.24) is 9.78 Å². The maximum Gasteiger partial charge on any atom is 0.130 e. The summed E-state index contributed by atoms with van der Waals surface area (Å²) < 4.78 is 1.70. The Hall–Kier alpha value is -0.540. The average molecular weight is 281 g/mol. The molecule has 3 fully saturated rings. The summed E-state index contributed by atoms with van der Waals surface area (Å²) in [5.74, 6) is 4.02. The Balaban J connectivity index is 1.50. The lowest BCUT2D eigenvalue weighted by Crippen LogP contribution is -2.18. The minimum atomic E-state index is -0.223. The summed E-state index contributed by atoms with van der Waals surface area (Å²) in [6, 6.07) is 0. The number of nitrogens with zero attached hydrogens (tertiary/aromatic N) is 2. The van der Waals surface area contributed by atoms with Crippen molar-refractivity contribution in [3.63, 3.8) is 0 Å². The molecular weight excluding hydrogens is 260 g/mol. The molecule has 3 nitrogen and oxygen atoms in total. The third-order valence-corrected chi connectivity index (χ3v) is 6.40. The van der Waals surface area contributed by atoms with Crippen LogP contribution >= 0.6 is 11.6 Å². The van der Waals surface area contributed by atoms with Crippen molar-refractivity contribution in [2.75, 3.05) is 0 Å². The number of halogens is 1. The number of aromatic nitrogens is 2. The van der Waals surface area contributed by atoms with Gasteiger partial charge in [0.1, 0.15) is 5.15 Å². The van der Waals surface area contributed by atoms with E-state index in [9.17, 15) is 5.11 Å². The van der Waals surface area contributed by atoms with Gasteiger partial charge in [0.05, 0.1) is 11.8 Å². The van der Waals surface area contributed by atoms with Crippen LogP contribution in [0.2, 0.25) is 5.15 Å². The molecule has 5 atom stereocenters. The highest BCUT2D eigenvalue weighted by Crippen LogP contribution is 2.70. The second kappa shape index (κ2) is 3.98. The van der Waals surface area contributed by atoms with Crippen LogP contribution in [0.25, 0.3) is 0 Å². The minimum absolute atomic E-state index is 0.223. The zero-order chi connectivity index (χ0) is 13.3. The number of hydrogen-bond donors (Lipinski definition) is 1. The molecule has 0 amide bonds. The van der Waals surface area contributed by atoms with Crippen LogP contribution in [-0.2, 0) is 13.5 Å². The smallest absolute Gasteiger partial charge is 0.130 e. The van der Waals surface area contributed by atoms with E-state index in [1.807, 2.05) is 14.0 Å². The number of fused-ring (bicyclic) bond motifs is 5. The number of aryl methyl sites for hydroxylation is 2. The summed E-state index contributed by atoms with van der Waals surface area (Å²) in [6.07, 6.45) is 4.70. The molecular formula is C15H21ClN2O. The second-order valence-corrected chi connectivity index (χ2v) is 7.17. The molecule has 5 unspecified atom stereocenters. The van der Waals surface area contributed by atoms with Crippen molar-refractivity contribution in [1.29, 1.82) is 0 Å². The summed E-state index contributed by atoms with van der Waals surface area (Å²) >= 11 is 6.26. The van der Waals surface area contributed by atoms with E-state index in [0.29, 0.717) is 17.5 Å². The standard InChI is InChI=1S/C15H21ClN2O/c1-7-10(15(16)18(2)17-7)6-11(19)14-12-8-3-4-9(5-8)13(12)14/h8-9,11-14,19H,3-6H2,1-2H3. The van der Waals surface area contributed by atoms with Crippen molar-refractivity contribution in [2.45, 2.75) is 38.7 Å². The quantitative estimate of drug-likeness (QED) is 0.924. The van der Waals surface area contributed by atoms with Gasteiger partial charge in [0.25, 0.3) is 0 Å². The molecule has 0 aromatic carbocycles. The van der Waals surface area contributed by atoms with Crippen LogP contribution in [0.1, 0.15) is 30.5 Å². The summed E-state index contributed by atoms with van der Waals surface area (Å²) in [6.45, 7) is 1.98. The van der Waals surface area contributed by atoms with Gasteiger partial charge < -0.3 is 5.11 Å². The van der Waals surface area contributed by atoms with Gasteiger partial charge in [-0.3, -0.25) is 4.68 Å². The molecule has 4 heteroatoms. The molecule has 0 aliphatic heterocycles. The predicted octanol–water partition coefficient (Wildman–Crippen LogP) is 2.58. The molecule has 3 aliphatic rings. The molecule has 1 aromatic rings. The predicted molar refractivity (Wildman–Crippen MR) is 74.0 cm³/mol. The lowest BCUT2D eigenvalue weighted by Gasteiger charge is -2.15. The molecule has 3 aliphatic carbocycles. The highest BCUT2D eigenvalue weighted by atomic mass is 35.5. The maximum absolute atomic E-state index is 10.6.